The number of nitrogens with one attached hydrogen (secondary N) is 1. The number of sulfone groups is 1. The first-order valence-corrected chi connectivity index (χ1v) is 12.2. The van der Waals surface area contributed by atoms with Gasteiger partial charge in [0, 0.05) is 6.54 Å². The molecule has 0 unspecified atom stereocenters. The number of hydrogen-bond acceptors (Lipinski definition) is 6. The fourth-order valence-electron chi connectivity index (χ4n) is 2.66. The van der Waals surface area contributed by atoms with E-state index in [1.165, 1.54) is 37.4 Å². The lowest BCUT2D eigenvalue weighted by Gasteiger charge is -2.18. The van der Waals surface area contributed by atoms with E-state index in [1.54, 1.807) is 41.8 Å². The van der Waals surface area contributed by atoms with Crippen molar-refractivity contribution in [3.63, 3.8) is 0 Å². The van der Waals surface area contributed by atoms with Crippen molar-refractivity contribution in [3.8, 4) is 5.75 Å². The maximum absolute atomic E-state index is 13.1. The molecule has 0 radical (unpaired) electrons. The van der Waals surface area contributed by atoms with Crippen LogP contribution in [0.2, 0.25) is 0 Å². The molecule has 1 atom stereocenters. The molecule has 0 amide bonds. The predicted octanol–water partition coefficient (Wildman–Crippen LogP) is 3.25. The van der Waals surface area contributed by atoms with E-state index in [-0.39, 0.29) is 15.6 Å². The molecule has 0 aliphatic carbocycles. The van der Waals surface area contributed by atoms with Gasteiger partial charge in [0.05, 0.1) is 12.0 Å². The zero-order chi connectivity index (χ0) is 20.2. The smallest absolute Gasteiger partial charge is 0.240 e. The molecule has 0 saturated heterocycles. The monoisotopic (exact) mass is 437 g/mol. The van der Waals surface area contributed by atoms with Gasteiger partial charge in [-0.25, -0.2) is 21.6 Å². The molecule has 148 valence electrons. The SMILES string of the molecule is COc1ccc(S(=O)(=O)NC[C@H](c2ccccc2)S(=O)(=O)c2cccs2)cc1. The Morgan fingerprint density at radius 3 is 2.18 bits per heavy atom. The van der Waals surface area contributed by atoms with Crippen LogP contribution in [0.25, 0.3) is 0 Å². The van der Waals surface area contributed by atoms with Gasteiger partial charge < -0.3 is 4.74 Å². The van der Waals surface area contributed by atoms with Gasteiger partial charge in [0.15, 0.2) is 9.84 Å². The summed E-state index contributed by atoms with van der Waals surface area (Å²) in [6.45, 7) is -0.279. The van der Waals surface area contributed by atoms with E-state index in [9.17, 15) is 16.8 Å². The Balaban J connectivity index is 1.90. The molecular weight excluding hydrogens is 418 g/mol. The van der Waals surface area contributed by atoms with E-state index < -0.39 is 25.1 Å². The summed E-state index contributed by atoms with van der Waals surface area (Å²) in [5, 5.41) is 0.636. The fraction of sp³-hybridized carbons (Fsp3) is 0.158. The van der Waals surface area contributed by atoms with E-state index >= 15 is 0 Å². The first-order valence-electron chi connectivity index (χ1n) is 8.30. The summed E-state index contributed by atoms with van der Waals surface area (Å²) in [6.07, 6.45) is 0. The highest BCUT2D eigenvalue weighted by Crippen LogP contribution is 2.31. The molecule has 2 aromatic carbocycles. The molecule has 3 aromatic rings. The van der Waals surface area contributed by atoms with E-state index in [2.05, 4.69) is 4.72 Å². The summed E-state index contributed by atoms with van der Waals surface area (Å²) < 4.78 is 59.1. The van der Waals surface area contributed by atoms with Gasteiger partial charge in [-0.3, -0.25) is 0 Å². The molecule has 0 saturated carbocycles. The molecule has 6 nitrogen and oxygen atoms in total. The van der Waals surface area contributed by atoms with Gasteiger partial charge in [-0.2, -0.15) is 0 Å². The Bertz CT molecular complexity index is 1110. The topological polar surface area (TPSA) is 89.5 Å². The number of thiophene rings is 1. The lowest BCUT2D eigenvalue weighted by Crippen LogP contribution is -2.31. The molecule has 1 aromatic heterocycles. The van der Waals surface area contributed by atoms with E-state index in [0.29, 0.717) is 11.3 Å². The van der Waals surface area contributed by atoms with Crippen molar-refractivity contribution in [1.82, 2.24) is 4.72 Å². The molecular formula is C19H19NO5S3. The van der Waals surface area contributed by atoms with Crippen LogP contribution in [0.3, 0.4) is 0 Å². The Morgan fingerprint density at radius 2 is 1.61 bits per heavy atom. The zero-order valence-electron chi connectivity index (χ0n) is 15.0. The van der Waals surface area contributed by atoms with Gasteiger partial charge in [0.25, 0.3) is 0 Å². The molecule has 9 heteroatoms. The van der Waals surface area contributed by atoms with Crippen LogP contribution >= 0.6 is 11.3 Å². The average molecular weight is 438 g/mol. The lowest BCUT2D eigenvalue weighted by atomic mass is 10.1. The first-order chi connectivity index (χ1) is 13.3. The lowest BCUT2D eigenvalue weighted by molar-refractivity contribution is 0.414. The second-order valence-corrected chi connectivity index (χ2v) is 11.0. The van der Waals surface area contributed by atoms with Crippen molar-refractivity contribution in [1.29, 1.82) is 0 Å². The summed E-state index contributed by atoms with van der Waals surface area (Å²) in [5.41, 5.74) is 0.522. The summed E-state index contributed by atoms with van der Waals surface area (Å²) in [4.78, 5) is 0.0358. The summed E-state index contributed by atoms with van der Waals surface area (Å²) in [7, 11) is -6.15. The van der Waals surface area contributed by atoms with Crippen molar-refractivity contribution in [2.24, 2.45) is 0 Å². The Hall–Kier alpha value is -2.20. The Kier molecular flexibility index (Phi) is 6.19. The van der Waals surface area contributed by atoms with Gasteiger partial charge in [0.2, 0.25) is 10.0 Å². The molecule has 0 aliphatic heterocycles. The van der Waals surface area contributed by atoms with E-state index in [4.69, 9.17) is 4.74 Å². The summed E-state index contributed by atoms with van der Waals surface area (Å²) in [6, 6.07) is 17.6. The van der Waals surface area contributed by atoms with Crippen LogP contribution in [-0.4, -0.2) is 30.5 Å². The molecule has 0 aliphatic rings. The van der Waals surface area contributed by atoms with Crippen molar-refractivity contribution in [3.05, 3.63) is 77.7 Å². The van der Waals surface area contributed by atoms with Crippen LogP contribution in [0.5, 0.6) is 5.75 Å². The third kappa shape index (κ3) is 4.44. The predicted molar refractivity (Wildman–Crippen MR) is 109 cm³/mol. The second-order valence-electron chi connectivity index (χ2n) is 5.90. The van der Waals surface area contributed by atoms with Gasteiger partial charge in [-0.05, 0) is 41.3 Å². The van der Waals surface area contributed by atoms with E-state index in [1.807, 2.05) is 0 Å². The maximum Gasteiger partial charge on any atom is 0.240 e. The van der Waals surface area contributed by atoms with Crippen molar-refractivity contribution >= 4 is 31.2 Å². The third-order valence-electron chi connectivity index (χ3n) is 4.15. The minimum absolute atomic E-state index is 0.0358. The highest BCUT2D eigenvalue weighted by molar-refractivity contribution is 7.93. The van der Waals surface area contributed by atoms with Crippen molar-refractivity contribution in [2.75, 3.05) is 13.7 Å². The maximum atomic E-state index is 13.1. The molecule has 0 fully saturated rings. The fourth-order valence-corrected chi connectivity index (χ4v) is 6.68. The van der Waals surface area contributed by atoms with Crippen LogP contribution < -0.4 is 9.46 Å². The van der Waals surface area contributed by atoms with Gasteiger partial charge in [0.1, 0.15) is 15.2 Å². The number of ether oxygens (including phenoxy) is 1. The van der Waals surface area contributed by atoms with Crippen LogP contribution in [0, 0.1) is 0 Å². The molecule has 0 spiro atoms. The van der Waals surface area contributed by atoms with Crippen LogP contribution in [0.1, 0.15) is 10.8 Å². The average Bonchev–Trinajstić information content (AvgIpc) is 3.24. The van der Waals surface area contributed by atoms with Crippen LogP contribution in [0.15, 0.2) is 81.2 Å². The third-order valence-corrected chi connectivity index (χ3v) is 9.12. The van der Waals surface area contributed by atoms with Gasteiger partial charge >= 0.3 is 0 Å². The summed E-state index contributed by atoms with van der Waals surface area (Å²) in [5.74, 6) is 0.529. The standard InChI is InChI=1S/C19H19NO5S3/c1-25-16-9-11-17(12-10-16)28(23,24)20-14-18(15-6-3-2-4-7-15)27(21,22)19-8-5-13-26-19/h2-13,18,20H,14H2,1H3/t18-/m1/s1. The molecule has 1 N–H and O–H groups in total. The number of benzene rings is 2. The summed E-state index contributed by atoms with van der Waals surface area (Å²) >= 11 is 1.11. The second kappa shape index (κ2) is 8.44. The van der Waals surface area contributed by atoms with Crippen molar-refractivity contribution < 1.29 is 21.6 Å². The number of hydrogen-bond donors (Lipinski definition) is 1. The Labute approximate surface area is 168 Å². The molecule has 28 heavy (non-hydrogen) atoms. The quantitative estimate of drug-likeness (QED) is 0.584. The normalized spacial score (nSPS) is 13.2. The number of methoxy groups -OCH3 is 1. The molecule has 3 rings (SSSR count). The number of sulfonamides is 1. The molecule has 0 bridgehead atoms. The Morgan fingerprint density at radius 1 is 0.929 bits per heavy atom. The molecule has 1 heterocycles. The largest absolute Gasteiger partial charge is 0.497 e. The highest BCUT2D eigenvalue weighted by Gasteiger charge is 2.31. The van der Waals surface area contributed by atoms with Crippen molar-refractivity contribution in [2.45, 2.75) is 14.4 Å². The highest BCUT2D eigenvalue weighted by atomic mass is 32.2. The van der Waals surface area contributed by atoms with Crippen LogP contribution in [0.4, 0.5) is 0 Å². The minimum Gasteiger partial charge on any atom is -0.497 e. The van der Waals surface area contributed by atoms with E-state index in [0.717, 1.165) is 11.3 Å². The first kappa shape index (κ1) is 20.5. The van der Waals surface area contributed by atoms with Gasteiger partial charge in [-0.1, -0.05) is 36.4 Å². The van der Waals surface area contributed by atoms with Crippen LogP contribution in [-0.2, 0) is 19.9 Å². The minimum atomic E-state index is -3.88. The zero-order valence-corrected chi connectivity index (χ0v) is 17.4. The van der Waals surface area contributed by atoms with Gasteiger partial charge in [-0.15, -0.1) is 11.3 Å². The number of rotatable bonds is 8.